The van der Waals surface area contributed by atoms with Crippen molar-refractivity contribution in [2.45, 2.75) is 19.5 Å². The highest BCUT2D eigenvalue weighted by Crippen LogP contribution is 2.14. The summed E-state index contributed by atoms with van der Waals surface area (Å²) < 4.78 is 1.74. The van der Waals surface area contributed by atoms with Crippen LogP contribution in [0.25, 0.3) is 0 Å². The van der Waals surface area contributed by atoms with Gasteiger partial charge < -0.3 is 15.7 Å². The maximum atomic E-state index is 12.3. The van der Waals surface area contributed by atoms with Crippen LogP contribution < -0.4 is 10.6 Å². The molecule has 1 amide bonds. The van der Waals surface area contributed by atoms with Crippen molar-refractivity contribution in [3.63, 3.8) is 0 Å². The molecule has 1 atom stereocenters. The number of rotatable bonds is 7. The van der Waals surface area contributed by atoms with E-state index in [1.165, 1.54) is 0 Å². The molecule has 0 aliphatic heterocycles. The molecule has 1 unspecified atom stereocenters. The number of carbonyl (C=O) groups excluding carboxylic acids is 1. The van der Waals surface area contributed by atoms with Gasteiger partial charge in [-0.05, 0) is 25.1 Å². The Morgan fingerprint density at radius 1 is 1.32 bits per heavy atom. The van der Waals surface area contributed by atoms with E-state index in [0.29, 0.717) is 17.8 Å². The first-order valence-corrected chi connectivity index (χ1v) is 6.89. The highest BCUT2D eigenvalue weighted by molar-refractivity contribution is 6.00. The van der Waals surface area contributed by atoms with E-state index < -0.39 is 5.97 Å². The van der Waals surface area contributed by atoms with E-state index in [4.69, 9.17) is 5.11 Å². The van der Waals surface area contributed by atoms with Gasteiger partial charge in [0.1, 0.15) is 6.54 Å². The summed E-state index contributed by atoms with van der Waals surface area (Å²) in [7, 11) is 0. The van der Waals surface area contributed by atoms with Gasteiger partial charge >= 0.3 is 5.97 Å². The molecule has 2 aromatic rings. The van der Waals surface area contributed by atoms with Crippen molar-refractivity contribution in [1.82, 2.24) is 15.1 Å². The van der Waals surface area contributed by atoms with Gasteiger partial charge in [-0.25, -0.2) is 0 Å². The zero-order chi connectivity index (χ0) is 15.9. The third-order valence-corrected chi connectivity index (χ3v) is 3.00. The fourth-order valence-corrected chi connectivity index (χ4v) is 2.04. The summed E-state index contributed by atoms with van der Waals surface area (Å²) >= 11 is 0. The minimum Gasteiger partial charge on any atom is -0.480 e. The molecule has 0 radical (unpaired) electrons. The Bertz CT molecular complexity index is 640. The normalized spacial score (nSPS) is 11.7. The highest BCUT2D eigenvalue weighted by Gasteiger charge is 2.14. The molecule has 0 aliphatic carbocycles. The number of aromatic nitrogens is 2. The van der Waals surface area contributed by atoms with E-state index in [0.717, 1.165) is 0 Å². The van der Waals surface area contributed by atoms with E-state index in [-0.39, 0.29) is 18.5 Å². The van der Waals surface area contributed by atoms with Crippen LogP contribution in [-0.4, -0.2) is 39.4 Å². The molecular formula is C15H18N4O3. The molecule has 116 valence electrons. The van der Waals surface area contributed by atoms with E-state index in [1.807, 2.05) is 19.2 Å². The van der Waals surface area contributed by atoms with E-state index in [9.17, 15) is 9.59 Å². The number of nitrogens with zero attached hydrogens (tertiary/aromatic N) is 2. The topological polar surface area (TPSA) is 96.3 Å². The first-order chi connectivity index (χ1) is 10.6. The summed E-state index contributed by atoms with van der Waals surface area (Å²) in [6.45, 7) is 2.20. The molecule has 0 spiro atoms. The Balaban J connectivity index is 2.01. The second-order valence-corrected chi connectivity index (χ2v) is 4.90. The lowest BCUT2D eigenvalue weighted by molar-refractivity contribution is -0.134. The van der Waals surface area contributed by atoms with Gasteiger partial charge in [-0.2, -0.15) is 5.10 Å². The van der Waals surface area contributed by atoms with Crippen LogP contribution in [0.4, 0.5) is 5.69 Å². The molecule has 1 aromatic heterocycles. The lowest BCUT2D eigenvalue weighted by Gasteiger charge is -2.16. The Labute approximate surface area is 128 Å². The Morgan fingerprint density at radius 3 is 2.77 bits per heavy atom. The number of hydrogen-bond acceptors (Lipinski definition) is 4. The van der Waals surface area contributed by atoms with Crippen molar-refractivity contribution in [2.75, 3.05) is 11.9 Å². The van der Waals surface area contributed by atoms with Crippen molar-refractivity contribution in [3.8, 4) is 0 Å². The van der Waals surface area contributed by atoms with Gasteiger partial charge in [-0.15, -0.1) is 0 Å². The first-order valence-electron chi connectivity index (χ1n) is 6.89. The number of carboxylic acids is 1. The standard InChI is InChI=1S/C15H18N4O3/c1-11(10-19-8-4-7-17-19)18-15(22)12-5-2-3-6-13(12)16-9-14(20)21/h2-8,11,16H,9-10H2,1H3,(H,18,22)(H,20,21). The number of carboxylic acid groups (broad SMARTS) is 1. The largest absolute Gasteiger partial charge is 0.480 e. The number of benzene rings is 1. The number of hydrogen-bond donors (Lipinski definition) is 3. The van der Waals surface area contributed by atoms with Crippen LogP contribution in [0.15, 0.2) is 42.7 Å². The van der Waals surface area contributed by atoms with Gasteiger partial charge in [0.05, 0.1) is 12.1 Å². The third-order valence-electron chi connectivity index (χ3n) is 3.00. The minimum absolute atomic E-state index is 0.111. The summed E-state index contributed by atoms with van der Waals surface area (Å²) in [6.07, 6.45) is 3.50. The van der Waals surface area contributed by atoms with Crippen LogP contribution in [0.3, 0.4) is 0 Å². The van der Waals surface area contributed by atoms with Crippen LogP contribution in [0, 0.1) is 0 Å². The van der Waals surface area contributed by atoms with E-state index in [2.05, 4.69) is 15.7 Å². The van der Waals surface area contributed by atoms with E-state index >= 15 is 0 Å². The summed E-state index contributed by atoms with van der Waals surface area (Å²) in [5, 5.41) is 18.4. The quantitative estimate of drug-likeness (QED) is 0.714. The van der Waals surface area contributed by atoms with Gasteiger partial charge in [0, 0.05) is 24.1 Å². The number of carbonyl (C=O) groups is 2. The maximum absolute atomic E-state index is 12.3. The monoisotopic (exact) mass is 302 g/mol. The van der Waals surface area contributed by atoms with Crippen molar-refractivity contribution < 1.29 is 14.7 Å². The Hall–Kier alpha value is -2.83. The smallest absolute Gasteiger partial charge is 0.322 e. The van der Waals surface area contributed by atoms with Crippen molar-refractivity contribution in [2.24, 2.45) is 0 Å². The molecular weight excluding hydrogens is 284 g/mol. The molecule has 0 saturated carbocycles. The highest BCUT2D eigenvalue weighted by atomic mass is 16.4. The molecule has 22 heavy (non-hydrogen) atoms. The number of aliphatic carboxylic acids is 1. The lowest BCUT2D eigenvalue weighted by Crippen LogP contribution is -2.36. The molecule has 3 N–H and O–H groups in total. The molecule has 2 rings (SSSR count). The molecule has 7 nitrogen and oxygen atoms in total. The second kappa shape index (κ2) is 7.26. The average Bonchev–Trinajstić information content (AvgIpc) is 2.98. The first kappa shape index (κ1) is 15.6. The van der Waals surface area contributed by atoms with Crippen LogP contribution in [0.1, 0.15) is 17.3 Å². The van der Waals surface area contributed by atoms with Gasteiger partial charge in [-0.1, -0.05) is 12.1 Å². The molecule has 1 aromatic carbocycles. The summed E-state index contributed by atoms with van der Waals surface area (Å²) in [4.78, 5) is 23.0. The Kier molecular flexibility index (Phi) is 5.13. The van der Waals surface area contributed by atoms with Crippen LogP contribution in [0.5, 0.6) is 0 Å². The van der Waals surface area contributed by atoms with Gasteiger partial charge in [0.2, 0.25) is 0 Å². The van der Waals surface area contributed by atoms with Crippen molar-refractivity contribution in [3.05, 3.63) is 48.3 Å². The number of amides is 1. The molecule has 7 heteroatoms. The second-order valence-electron chi connectivity index (χ2n) is 4.90. The maximum Gasteiger partial charge on any atom is 0.322 e. The fraction of sp³-hybridized carbons (Fsp3) is 0.267. The van der Waals surface area contributed by atoms with Crippen LogP contribution in [-0.2, 0) is 11.3 Å². The van der Waals surface area contributed by atoms with Gasteiger partial charge in [-0.3, -0.25) is 14.3 Å². The predicted octanol–water partition coefficient (Wildman–Crippen LogP) is 1.20. The zero-order valence-corrected chi connectivity index (χ0v) is 12.2. The third kappa shape index (κ3) is 4.34. The SMILES string of the molecule is CC(Cn1cccn1)NC(=O)c1ccccc1NCC(=O)O. The summed E-state index contributed by atoms with van der Waals surface area (Å²) in [5.74, 6) is -1.24. The molecule has 1 heterocycles. The molecule has 0 saturated heterocycles. The molecule has 0 fully saturated rings. The Morgan fingerprint density at radius 2 is 2.09 bits per heavy atom. The van der Waals surface area contributed by atoms with Crippen molar-refractivity contribution >= 4 is 17.6 Å². The summed E-state index contributed by atoms with van der Waals surface area (Å²) in [6, 6.07) is 8.52. The number of para-hydroxylation sites is 1. The number of nitrogens with one attached hydrogen (secondary N) is 2. The molecule has 0 aliphatic rings. The van der Waals surface area contributed by atoms with Crippen LogP contribution in [0.2, 0.25) is 0 Å². The van der Waals surface area contributed by atoms with Gasteiger partial charge in [0.15, 0.2) is 0 Å². The van der Waals surface area contributed by atoms with Crippen molar-refractivity contribution in [1.29, 1.82) is 0 Å². The fourth-order valence-electron chi connectivity index (χ4n) is 2.04. The minimum atomic E-state index is -0.984. The van der Waals surface area contributed by atoms with E-state index in [1.54, 1.807) is 35.1 Å². The lowest BCUT2D eigenvalue weighted by atomic mass is 10.1. The van der Waals surface area contributed by atoms with Crippen LogP contribution >= 0.6 is 0 Å². The van der Waals surface area contributed by atoms with Gasteiger partial charge in [0.25, 0.3) is 5.91 Å². The number of anilines is 1. The predicted molar refractivity (Wildman–Crippen MR) is 81.7 cm³/mol. The summed E-state index contributed by atoms with van der Waals surface area (Å²) in [5.41, 5.74) is 0.907. The molecule has 0 bridgehead atoms. The average molecular weight is 302 g/mol. The zero-order valence-electron chi connectivity index (χ0n) is 12.2.